The second kappa shape index (κ2) is 7.84. The minimum Gasteiger partial charge on any atom is -0.396 e. The minimum absolute atomic E-state index is 0.00566. The fourth-order valence-corrected chi connectivity index (χ4v) is 4.97. The van der Waals surface area contributed by atoms with Gasteiger partial charge in [0.15, 0.2) is 5.82 Å². The van der Waals surface area contributed by atoms with Gasteiger partial charge in [0.05, 0.1) is 23.6 Å². The Bertz CT molecular complexity index is 1140. The number of piperidine rings is 1. The molecule has 160 valence electrons. The first kappa shape index (κ1) is 19.8. The van der Waals surface area contributed by atoms with Crippen molar-refractivity contribution >= 4 is 34.6 Å². The van der Waals surface area contributed by atoms with Crippen molar-refractivity contribution < 1.29 is 13.6 Å². The van der Waals surface area contributed by atoms with Crippen molar-refractivity contribution in [1.82, 2.24) is 15.0 Å². The smallest absolute Gasteiger partial charge is 0.270 e. The molecule has 0 radical (unpaired) electrons. The molecule has 4 heterocycles. The number of alkyl halides is 1. The van der Waals surface area contributed by atoms with E-state index in [9.17, 15) is 13.6 Å². The minimum atomic E-state index is -0.860. The number of fused-ring (bicyclic) bond motifs is 1. The Labute approximate surface area is 181 Å². The van der Waals surface area contributed by atoms with Gasteiger partial charge in [0, 0.05) is 37.5 Å². The van der Waals surface area contributed by atoms with Gasteiger partial charge in [-0.15, -0.1) is 11.3 Å². The number of benzene rings is 1. The lowest BCUT2D eigenvalue weighted by molar-refractivity contribution is 0.0983. The van der Waals surface area contributed by atoms with Gasteiger partial charge in [-0.25, -0.2) is 23.7 Å². The molecule has 10 heteroatoms. The van der Waals surface area contributed by atoms with Crippen molar-refractivity contribution in [2.75, 3.05) is 35.2 Å². The predicted octanol–water partition coefficient (Wildman–Crippen LogP) is 3.46. The number of thiazole rings is 1. The third kappa shape index (κ3) is 3.60. The van der Waals surface area contributed by atoms with Gasteiger partial charge in [0.2, 0.25) is 5.95 Å². The van der Waals surface area contributed by atoms with Gasteiger partial charge in [-0.3, -0.25) is 4.79 Å². The van der Waals surface area contributed by atoms with Crippen molar-refractivity contribution in [2.45, 2.75) is 25.4 Å². The number of rotatable bonds is 3. The van der Waals surface area contributed by atoms with E-state index >= 15 is 0 Å². The van der Waals surface area contributed by atoms with Crippen molar-refractivity contribution in [3.63, 3.8) is 0 Å². The zero-order valence-electron chi connectivity index (χ0n) is 16.6. The first-order valence-electron chi connectivity index (χ1n) is 10.1. The van der Waals surface area contributed by atoms with Crippen LogP contribution in [0.25, 0.3) is 10.6 Å². The highest BCUT2D eigenvalue weighted by Gasteiger charge is 2.31. The molecule has 5 rings (SSSR count). The van der Waals surface area contributed by atoms with E-state index in [0.717, 1.165) is 13.0 Å². The molecule has 1 aromatic carbocycles. The van der Waals surface area contributed by atoms with Crippen LogP contribution in [0.2, 0.25) is 0 Å². The third-order valence-electron chi connectivity index (χ3n) is 5.54. The van der Waals surface area contributed by atoms with Crippen molar-refractivity contribution in [3.8, 4) is 10.6 Å². The lowest BCUT2D eigenvalue weighted by atomic mass is 10.1. The summed E-state index contributed by atoms with van der Waals surface area (Å²) in [6, 6.07) is 4.64. The van der Waals surface area contributed by atoms with E-state index in [2.05, 4.69) is 15.0 Å². The van der Waals surface area contributed by atoms with Gasteiger partial charge in [-0.05, 0) is 25.0 Å². The molecular weight excluding hydrogens is 422 g/mol. The number of carbonyl (C=O) groups is 1. The highest BCUT2D eigenvalue weighted by atomic mass is 32.1. The van der Waals surface area contributed by atoms with Gasteiger partial charge in [0.25, 0.3) is 5.91 Å². The number of aromatic nitrogens is 3. The summed E-state index contributed by atoms with van der Waals surface area (Å²) in [4.78, 5) is 30.1. The largest absolute Gasteiger partial charge is 0.396 e. The maximum absolute atomic E-state index is 14.4. The van der Waals surface area contributed by atoms with E-state index in [4.69, 9.17) is 5.73 Å². The second-order valence-electron chi connectivity index (χ2n) is 7.64. The molecular formula is C21H20F2N6OS. The summed E-state index contributed by atoms with van der Waals surface area (Å²) in [7, 11) is 0. The van der Waals surface area contributed by atoms with E-state index in [-0.39, 0.29) is 17.3 Å². The highest BCUT2D eigenvalue weighted by Crippen LogP contribution is 2.34. The van der Waals surface area contributed by atoms with Gasteiger partial charge < -0.3 is 15.5 Å². The maximum atomic E-state index is 14.4. The number of nitrogens with zero attached hydrogens (tertiary/aromatic N) is 5. The molecule has 2 N–H and O–H groups in total. The average molecular weight is 442 g/mol. The van der Waals surface area contributed by atoms with Crippen LogP contribution in [0.3, 0.4) is 0 Å². The van der Waals surface area contributed by atoms with Crippen molar-refractivity contribution in [1.29, 1.82) is 0 Å². The standard InChI is InChI=1S/C21H20F2N6OS/c22-13-3-2-7-28(11-13)21-25-9-12(10-26-21)19-27-15-6-8-29(20(30)18(15)31-19)16-5-1-4-14(24)17(16)23/h1,4-5,9-10,13H,2-3,6-8,11,24H2/t13-/m1/s1. The number of nitrogens with two attached hydrogens (primary N) is 1. The molecule has 31 heavy (non-hydrogen) atoms. The van der Waals surface area contributed by atoms with E-state index in [1.54, 1.807) is 24.5 Å². The number of carbonyl (C=O) groups excluding carboxylic acids is 1. The fraction of sp³-hybridized carbons (Fsp3) is 0.333. The maximum Gasteiger partial charge on any atom is 0.270 e. The molecule has 0 bridgehead atoms. The molecule has 0 saturated carbocycles. The summed E-state index contributed by atoms with van der Waals surface area (Å²) in [5.41, 5.74) is 7.21. The third-order valence-corrected chi connectivity index (χ3v) is 6.67. The van der Waals surface area contributed by atoms with Crippen LogP contribution in [0, 0.1) is 5.82 Å². The summed E-state index contributed by atoms with van der Waals surface area (Å²) >= 11 is 1.24. The zero-order valence-corrected chi connectivity index (χ0v) is 17.4. The second-order valence-corrected chi connectivity index (χ2v) is 8.64. The van der Waals surface area contributed by atoms with E-state index in [1.807, 2.05) is 4.90 Å². The van der Waals surface area contributed by atoms with Crippen LogP contribution < -0.4 is 15.5 Å². The van der Waals surface area contributed by atoms with Gasteiger partial charge in [-0.2, -0.15) is 0 Å². The molecule has 7 nitrogen and oxygen atoms in total. The van der Waals surface area contributed by atoms with Crippen LogP contribution in [-0.2, 0) is 6.42 Å². The average Bonchev–Trinajstić information content (AvgIpc) is 3.22. The molecule has 1 amide bonds. The van der Waals surface area contributed by atoms with Crippen molar-refractivity contribution in [2.24, 2.45) is 0 Å². The molecule has 0 aliphatic carbocycles. The SMILES string of the molecule is Nc1cccc(N2CCc3nc(-c4cnc(N5CCC[C@@H](F)C5)nc4)sc3C2=O)c1F. The zero-order chi connectivity index (χ0) is 21.5. The molecule has 0 unspecified atom stereocenters. The van der Waals surface area contributed by atoms with Gasteiger partial charge in [0.1, 0.15) is 16.1 Å². The Kier molecular flexibility index (Phi) is 5.01. The molecule has 1 saturated heterocycles. The topological polar surface area (TPSA) is 88.2 Å². The molecule has 1 fully saturated rings. The van der Waals surface area contributed by atoms with E-state index in [1.165, 1.54) is 22.3 Å². The Morgan fingerprint density at radius 1 is 1.19 bits per heavy atom. The Balaban J connectivity index is 1.39. The number of amides is 1. The normalized spacial score (nSPS) is 18.9. The Morgan fingerprint density at radius 2 is 2.00 bits per heavy atom. The van der Waals surface area contributed by atoms with Crippen LogP contribution in [0.4, 0.5) is 26.1 Å². The van der Waals surface area contributed by atoms with Crippen LogP contribution in [0.1, 0.15) is 28.2 Å². The van der Waals surface area contributed by atoms with Crippen LogP contribution in [-0.4, -0.2) is 46.7 Å². The highest BCUT2D eigenvalue weighted by molar-refractivity contribution is 7.17. The lowest BCUT2D eigenvalue weighted by Gasteiger charge is -2.28. The van der Waals surface area contributed by atoms with Gasteiger partial charge in [-0.1, -0.05) is 6.07 Å². The lowest BCUT2D eigenvalue weighted by Crippen LogP contribution is -2.37. The first-order valence-corrected chi connectivity index (χ1v) is 10.9. The van der Waals surface area contributed by atoms with Crippen LogP contribution in [0.15, 0.2) is 30.6 Å². The Morgan fingerprint density at radius 3 is 2.77 bits per heavy atom. The van der Waals surface area contributed by atoms with E-state index in [0.29, 0.717) is 53.0 Å². The first-order chi connectivity index (χ1) is 15.0. The molecule has 2 aromatic heterocycles. The molecule has 2 aliphatic heterocycles. The quantitative estimate of drug-likeness (QED) is 0.625. The van der Waals surface area contributed by atoms with Crippen LogP contribution >= 0.6 is 11.3 Å². The molecule has 0 spiro atoms. The molecule has 1 atom stereocenters. The van der Waals surface area contributed by atoms with E-state index < -0.39 is 12.0 Å². The predicted molar refractivity (Wildman–Crippen MR) is 116 cm³/mol. The summed E-state index contributed by atoms with van der Waals surface area (Å²) in [5.74, 6) is -0.401. The summed E-state index contributed by atoms with van der Waals surface area (Å²) < 4.78 is 28.1. The summed E-state index contributed by atoms with van der Waals surface area (Å²) in [5, 5.41) is 0.627. The fourth-order valence-electron chi connectivity index (χ4n) is 3.93. The number of nitrogen functional groups attached to an aromatic ring is 1. The Hall–Kier alpha value is -3.14. The van der Waals surface area contributed by atoms with Crippen molar-refractivity contribution in [3.05, 3.63) is 47.0 Å². The molecule has 2 aliphatic rings. The monoisotopic (exact) mass is 442 g/mol. The molecule has 3 aromatic rings. The van der Waals surface area contributed by atoms with Crippen LogP contribution in [0.5, 0.6) is 0 Å². The summed E-state index contributed by atoms with van der Waals surface area (Å²) in [6.07, 6.45) is 4.29. The number of anilines is 3. The summed E-state index contributed by atoms with van der Waals surface area (Å²) in [6.45, 7) is 1.36. The number of hydrogen-bond donors (Lipinski definition) is 1. The van der Waals surface area contributed by atoms with Gasteiger partial charge >= 0.3 is 0 Å². The number of halogens is 2. The number of hydrogen-bond acceptors (Lipinski definition) is 7.